The molecule has 2 aromatic rings. The van der Waals surface area contributed by atoms with E-state index in [4.69, 9.17) is 4.74 Å². The van der Waals surface area contributed by atoms with Crippen molar-refractivity contribution < 1.29 is 19.4 Å². The predicted octanol–water partition coefficient (Wildman–Crippen LogP) is 4.45. The van der Waals surface area contributed by atoms with E-state index in [1.807, 2.05) is 56.3 Å². The third-order valence-electron chi connectivity index (χ3n) is 7.54. The van der Waals surface area contributed by atoms with Crippen LogP contribution in [-0.4, -0.2) is 76.8 Å². The van der Waals surface area contributed by atoms with Crippen LogP contribution in [-0.2, 0) is 0 Å². The number of hydrogen-bond acceptors (Lipinski definition) is 5. The quantitative estimate of drug-likeness (QED) is 0.563. The summed E-state index contributed by atoms with van der Waals surface area (Å²) in [5.41, 5.74) is 2.17. The van der Waals surface area contributed by atoms with E-state index in [0.29, 0.717) is 18.7 Å². The second-order valence-corrected chi connectivity index (χ2v) is 10.7. The molecule has 0 spiro atoms. The number of carbonyl (C=O) groups is 2. The predicted molar refractivity (Wildman–Crippen MR) is 149 cm³/mol. The Kier molecular flexibility index (Phi) is 9.39. The Hall–Kier alpha value is -3.39. The van der Waals surface area contributed by atoms with Crippen LogP contribution in [0.4, 0.5) is 4.79 Å². The van der Waals surface area contributed by atoms with Crippen molar-refractivity contribution in [1.29, 1.82) is 0 Å². The van der Waals surface area contributed by atoms with Crippen LogP contribution < -0.4 is 10.1 Å². The van der Waals surface area contributed by atoms with Crippen LogP contribution in [0.15, 0.2) is 42.6 Å². The van der Waals surface area contributed by atoms with Gasteiger partial charge in [-0.15, -0.1) is 0 Å². The summed E-state index contributed by atoms with van der Waals surface area (Å²) >= 11 is 0. The molecule has 1 aliphatic carbocycles. The molecule has 3 atom stereocenters. The third kappa shape index (κ3) is 6.92. The Labute approximate surface area is 225 Å². The van der Waals surface area contributed by atoms with Crippen LogP contribution in [0.1, 0.15) is 67.4 Å². The number of amides is 3. The highest BCUT2D eigenvalue weighted by Crippen LogP contribution is 2.28. The summed E-state index contributed by atoms with van der Waals surface area (Å²) in [4.78, 5) is 34.4. The molecule has 0 radical (unpaired) electrons. The summed E-state index contributed by atoms with van der Waals surface area (Å²) in [5, 5.41) is 13.1. The van der Waals surface area contributed by atoms with Crippen molar-refractivity contribution in [2.24, 2.45) is 5.92 Å². The van der Waals surface area contributed by atoms with Crippen molar-refractivity contribution in [3.63, 3.8) is 0 Å². The first kappa shape index (κ1) is 27.6. The lowest BCUT2D eigenvalue weighted by molar-refractivity contribution is 0.0351. The number of rotatable bonds is 7. The van der Waals surface area contributed by atoms with Gasteiger partial charge in [0.15, 0.2) is 0 Å². The Morgan fingerprint density at radius 1 is 1.21 bits per heavy atom. The molecular weight excluding hydrogens is 480 g/mol. The van der Waals surface area contributed by atoms with Crippen LogP contribution in [0, 0.1) is 5.92 Å². The summed E-state index contributed by atoms with van der Waals surface area (Å²) in [5.74, 6) is -0.0668. The number of aromatic nitrogens is 1. The second kappa shape index (κ2) is 12.9. The van der Waals surface area contributed by atoms with Crippen LogP contribution in [0.5, 0.6) is 5.88 Å². The fourth-order valence-corrected chi connectivity index (χ4v) is 5.07. The summed E-state index contributed by atoms with van der Waals surface area (Å²) in [6, 6.07) is 11.4. The van der Waals surface area contributed by atoms with Crippen molar-refractivity contribution in [3.8, 4) is 5.88 Å². The lowest BCUT2D eigenvalue weighted by Gasteiger charge is -2.38. The van der Waals surface area contributed by atoms with Crippen molar-refractivity contribution in [2.45, 2.75) is 64.1 Å². The van der Waals surface area contributed by atoms with E-state index in [0.717, 1.165) is 36.8 Å². The smallest absolute Gasteiger partial charge is 0.317 e. The Morgan fingerprint density at radius 2 is 1.92 bits per heavy atom. The van der Waals surface area contributed by atoms with E-state index in [1.165, 1.54) is 6.42 Å². The molecule has 4 rings (SSSR count). The molecule has 1 fully saturated rings. The van der Waals surface area contributed by atoms with Gasteiger partial charge in [-0.25, -0.2) is 9.78 Å². The number of nitrogens with zero attached hydrogens (tertiary/aromatic N) is 3. The molecule has 1 aromatic carbocycles. The number of hydrogen-bond donors (Lipinski definition) is 2. The molecule has 2 N–H and O–H groups in total. The van der Waals surface area contributed by atoms with Gasteiger partial charge in [-0.3, -0.25) is 4.79 Å². The maximum atomic E-state index is 13.6. The molecule has 3 amide bonds. The molecule has 1 aromatic heterocycles. The zero-order valence-corrected chi connectivity index (χ0v) is 22.7. The molecule has 0 unspecified atom stereocenters. The fourth-order valence-electron chi connectivity index (χ4n) is 5.07. The van der Waals surface area contributed by atoms with E-state index in [1.54, 1.807) is 29.1 Å². The molecular formula is C30H40N4O4. The number of nitrogens with one attached hydrogen (secondary N) is 1. The monoisotopic (exact) mass is 520 g/mol. The summed E-state index contributed by atoms with van der Waals surface area (Å²) in [6.07, 6.45) is 10.8. The number of fused-ring (bicyclic) bond motifs is 1. The van der Waals surface area contributed by atoms with Crippen LogP contribution >= 0.6 is 0 Å². The van der Waals surface area contributed by atoms with Crippen LogP contribution in [0.2, 0.25) is 0 Å². The van der Waals surface area contributed by atoms with Gasteiger partial charge >= 0.3 is 6.03 Å². The van der Waals surface area contributed by atoms with Crippen LogP contribution in [0.25, 0.3) is 12.2 Å². The minimum Gasteiger partial charge on any atom is -0.472 e. The first-order valence-corrected chi connectivity index (χ1v) is 13.7. The summed E-state index contributed by atoms with van der Waals surface area (Å²) in [6.45, 7) is 4.44. The van der Waals surface area contributed by atoms with Gasteiger partial charge in [0.2, 0.25) is 5.88 Å². The Balaban J connectivity index is 1.56. The number of benzene rings is 1. The number of aliphatic hydroxyl groups excluding tert-OH is 1. The van der Waals surface area contributed by atoms with Crippen molar-refractivity contribution >= 4 is 24.1 Å². The van der Waals surface area contributed by atoms with E-state index < -0.39 is 0 Å². The fraction of sp³-hybridized carbons (Fsp3) is 0.500. The Bertz CT molecular complexity index is 1120. The van der Waals surface area contributed by atoms with Gasteiger partial charge in [0, 0.05) is 31.7 Å². The lowest BCUT2D eigenvalue weighted by atomic mass is 9.96. The zero-order valence-electron chi connectivity index (χ0n) is 22.7. The average molecular weight is 521 g/mol. The second-order valence-electron chi connectivity index (χ2n) is 10.7. The van der Waals surface area contributed by atoms with Crippen molar-refractivity contribution in [1.82, 2.24) is 20.1 Å². The van der Waals surface area contributed by atoms with E-state index in [-0.39, 0.29) is 48.5 Å². The molecule has 2 aliphatic rings. The maximum absolute atomic E-state index is 13.6. The first-order valence-electron chi connectivity index (χ1n) is 13.7. The van der Waals surface area contributed by atoms with Gasteiger partial charge in [-0.1, -0.05) is 68.7 Å². The summed E-state index contributed by atoms with van der Waals surface area (Å²) in [7, 11) is 1.78. The molecule has 38 heavy (non-hydrogen) atoms. The molecule has 8 nitrogen and oxygen atoms in total. The average Bonchev–Trinajstić information content (AvgIpc) is 2.94. The van der Waals surface area contributed by atoms with E-state index in [9.17, 15) is 14.7 Å². The van der Waals surface area contributed by atoms with Gasteiger partial charge < -0.3 is 25.0 Å². The van der Waals surface area contributed by atoms with E-state index in [2.05, 4.69) is 10.3 Å². The van der Waals surface area contributed by atoms with Gasteiger partial charge in [-0.2, -0.15) is 0 Å². The zero-order chi connectivity index (χ0) is 27.1. The number of carbonyl (C=O) groups excluding carboxylic acids is 2. The molecule has 8 heteroatoms. The molecule has 2 heterocycles. The molecule has 0 saturated heterocycles. The highest BCUT2D eigenvalue weighted by molar-refractivity contribution is 5.97. The number of urea groups is 1. The van der Waals surface area contributed by atoms with Crippen molar-refractivity contribution in [3.05, 3.63) is 59.3 Å². The van der Waals surface area contributed by atoms with Crippen molar-refractivity contribution in [2.75, 3.05) is 26.7 Å². The molecule has 0 bridgehead atoms. The number of pyridine rings is 1. The highest BCUT2D eigenvalue weighted by atomic mass is 16.5. The largest absolute Gasteiger partial charge is 0.472 e. The third-order valence-corrected chi connectivity index (χ3v) is 7.54. The normalized spacial score (nSPS) is 21.3. The van der Waals surface area contributed by atoms with Gasteiger partial charge in [-0.05, 0) is 37.0 Å². The van der Waals surface area contributed by atoms with E-state index >= 15 is 0 Å². The van der Waals surface area contributed by atoms with Gasteiger partial charge in [0.25, 0.3) is 5.91 Å². The molecule has 1 saturated carbocycles. The molecule has 1 aliphatic heterocycles. The Morgan fingerprint density at radius 3 is 2.63 bits per heavy atom. The topological polar surface area (TPSA) is 95.0 Å². The number of likely N-dealkylation sites (N-methyl/N-ethyl adjacent to an activating group) is 1. The van der Waals surface area contributed by atoms with Gasteiger partial charge in [0.05, 0.1) is 19.2 Å². The minimum absolute atomic E-state index is 0.0921. The number of aliphatic hydroxyl groups is 1. The highest BCUT2D eigenvalue weighted by Gasteiger charge is 2.35. The van der Waals surface area contributed by atoms with Crippen LogP contribution in [0.3, 0.4) is 0 Å². The minimum atomic E-state index is -0.379. The van der Waals surface area contributed by atoms with Gasteiger partial charge in [0.1, 0.15) is 11.7 Å². The molecule has 204 valence electrons. The standard InChI is InChI=1S/C30H40N4O4/c1-21-18-34(22(2)20-35)29(36)26-16-24(15-14-23-10-6-4-7-11-23)17-31-28(26)38-27(21)19-33(3)30(37)32-25-12-8-5-9-13-25/h4,6-7,10-11,14-17,21-22,25,27,35H,5,8-9,12-13,18-20H2,1-3H3,(H,32,37)/b15-14+/t21-,22+,27-/m0/s1. The first-order chi connectivity index (χ1) is 18.4. The SMILES string of the molecule is C[C@H](CO)N1C[C@H](C)[C@H](CN(C)C(=O)NC2CCCCC2)Oc2ncc(/C=C/c3ccccc3)cc2C1=O. The number of ether oxygens (including phenoxy) is 1. The maximum Gasteiger partial charge on any atom is 0.317 e. The lowest BCUT2D eigenvalue weighted by Crippen LogP contribution is -2.52. The summed E-state index contributed by atoms with van der Waals surface area (Å²) < 4.78 is 6.34.